The molecule has 1 unspecified atom stereocenters. The fraction of sp³-hybridized carbons (Fsp3) is 0.750. The van der Waals surface area contributed by atoms with Gasteiger partial charge in [-0.05, 0) is 19.8 Å². The molecule has 0 rings (SSSR count). The Morgan fingerprint density at radius 3 is 2.17 bits per heavy atom. The van der Waals surface area contributed by atoms with Gasteiger partial charge in [-0.1, -0.05) is 19.8 Å². The molecule has 5 nitrogen and oxygen atoms in total. The summed E-state index contributed by atoms with van der Waals surface area (Å²) in [5.41, 5.74) is 0. The zero-order valence-electron chi connectivity index (χ0n) is 11.2. The second-order valence-corrected chi connectivity index (χ2v) is 5.79. The van der Waals surface area contributed by atoms with Crippen molar-refractivity contribution >= 4 is 13.6 Å². The fourth-order valence-corrected chi connectivity index (χ4v) is 2.59. The van der Waals surface area contributed by atoms with E-state index in [4.69, 9.17) is 20.2 Å². The quantitative estimate of drug-likeness (QED) is 0.368. The van der Waals surface area contributed by atoms with Crippen LogP contribution in [0.25, 0.3) is 0 Å². The number of hydrogen-bond donors (Lipinski definition) is 0. The number of carbonyl (C=O) groups excluding carboxylic acids is 1. The first-order valence-electron chi connectivity index (χ1n) is 6.01. The summed E-state index contributed by atoms with van der Waals surface area (Å²) in [6.45, 7) is 5.87. The maximum atomic E-state index is 12.2. The van der Waals surface area contributed by atoms with E-state index < -0.39 is 25.8 Å². The molecule has 0 aromatic carbocycles. The molecule has 0 fully saturated rings. The summed E-state index contributed by atoms with van der Waals surface area (Å²) < 4.78 is 27.4. The molecule has 0 spiro atoms. The minimum absolute atomic E-state index is 0.277. The summed E-state index contributed by atoms with van der Waals surface area (Å²) in [6, 6.07) is 0. The van der Waals surface area contributed by atoms with Crippen LogP contribution >= 0.6 is 7.60 Å². The molecule has 0 amide bonds. The number of ether oxygens (including phenoxy) is 1. The van der Waals surface area contributed by atoms with E-state index in [-0.39, 0.29) is 13.2 Å². The maximum absolute atomic E-state index is 12.2. The van der Waals surface area contributed by atoms with Gasteiger partial charge in [0.15, 0.2) is 6.10 Å². The van der Waals surface area contributed by atoms with Gasteiger partial charge < -0.3 is 13.8 Å². The van der Waals surface area contributed by atoms with Crippen molar-refractivity contribution < 1.29 is 23.1 Å². The first-order chi connectivity index (χ1) is 8.47. The van der Waals surface area contributed by atoms with E-state index in [1.54, 1.807) is 6.92 Å². The highest BCUT2D eigenvalue weighted by atomic mass is 31.2. The molecule has 18 heavy (non-hydrogen) atoms. The van der Waals surface area contributed by atoms with Crippen LogP contribution in [0.2, 0.25) is 0 Å². The van der Waals surface area contributed by atoms with E-state index in [2.05, 4.69) is 5.92 Å². The van der Waals surface area contributed by atoms with Crippen molar-refractivity contribution in [2.75, 3.05) is 19.4 Å². The molecular formula is C12H21O5P. The lowest BCUT2D eigenvalue weighted by Gasteiger charge is -2.17. The van der Waals surface area contributed by atoms with Crippen molar-refractivity contribution in [3.63, 3.8) is 0 Å². The summed E-state index contributed by atoms with van der Waals surface area (Å²) in [5.74, 6) is 1.58. The Hall–Kier alpha value is -0.820. The topological polar surface area (TPSA) is 61.8 Å². The monoisotopic (exact) mass is 276 g/mol. The summed E-state index contributed by atoms with van der Waals surface area (Å²) >= 11 is 0. The van der Waals surface area contributed by atoms with Crippen LogP contribution in [-0.4, -0.2) is 31.4 Å². The van der Waals surface area contributed by atoms with Crippen LogP contribution < -0.4 is 0 Å². The third kappa shape index (κ3) is 7.50. The van der Waals surface area contributed by atoms with Gasteiger partial charge in [0.1, 0.15) is 6.16 Å². The highest BCUT2D eigenvalue weighted by Gasteiger charge is 2.29. The van der Waals surface area contributed by atoms with Crippen LogP contribution in [0.4, 0.5) is 0 Å². The largest absolute Gasteiger partial charge is 0.449 e. The van der Waals surface area contributed by atoms with E-state index in [9.17, 15) is 9.36 Å². The summed E-state index contributed by atoms with van der Waals surface area (Å²) in [4.78, 5) is 11.5. The van der Waals surface area contributed by atoms with Crippen LogP contribution in [-0.2, 0) is 23.1 Å². The average Bonchev–Trinajstić information content (AvgIpc) is 2.33. The predicted molar refractivity (Wildman–Crippen MR) is 69.3 cm³/mol. The lowest BCUT2D eigenvalue weighted by molar-refractivity contribution is -0.142. The molecule has 0 radical (unpaired) electrons. The van der Waals surface area contributed by atoms with Crippen LogP contribution in [0.1, 0.15) is 33.6 Å². The summed E-state index contributed by atoms with van der Waals surface area (Å²) in [5, 5.41) is 0. The fourth-order valence-electron chi connectivity index (χ4n) is 1.02. The van der Waals surface area contributed by atoms with Gasteiger partial charge in [-0.25, -0.2) is 0 Å². The second-order valence-electron chi connectivity index (χ2n) is 3.73. The average molecular weight is 276 g/mol. The number of terminal acetylenes is 1. The van der Waals surface area contributed by atoms with Crippen molar-refractivity contribution in [2.24, 2.45) is 0 Å². The van der Waals surface area contributed by atoms with Crippen LogP contribution in [0, 0.1) is 12.3 Å². The van der Waals surface area contributed by atoms with Gasteiger partial charge >= 0.3 is 13.6 Å². The van der Waals surface area contributed by atoms with Crippen LogP contribution in [0.5, 0.6) is 0 Å². The van der Waals surface area contributed by atoms with E-state index in [1.165, 1.54) is 0 Å². The summed E-state index contributed by atoms with van der Waals surface area (Å²) in [6.07, 6.45) is 5.41. The first-order valence-corrected chi connectivity index (χ1v) is 7.74. The van der Waals surface area contributed by atoms with E-state index in [1.807, 2.05) is 13.8 Å². The minimum atomic E-state index is -3.42. The van der Waals surface area contributed by atoms with Gasteiger partial charge in [0.25, 0.3) is 0 Å². The lowest BCUT2D eigenvalue weighted by atomic mass is 10.4. The summed E-state index contributed by atoms with van der Waals surface area (Å²) in [7, 11) is -3.42. The molecule has 0 saturated heterocycles. The van der Waals surface area contributed by atoms with Crippen molar-refractivity contribution in [3.05, 3.63) is 0 Å². The second kappa shape index (κ2) is 9.16. The molecule has 104 valence electrons. The Labute approximate surface area is 109 Å². The molecule has 0 heterocycles. The van der Waals surface area contributed by atoms with Gasteiger partial charge in [-0.2, -0.15) is 0 Å². The molecule has 6 heteroatoms. The Morgan fingerprint density at radius 1 is 1.28 bits per heavy atom. The van der Waals surface area contributed by atoms with Gasteiger partial charge in [-0.15, -0.1) is 6.42 Å². The van der Waals surface area contributed by atoms with Gasteiger partial charge in [0.2, 0.25) is 0 Å². The Bertz CT molecular complexity index is 322. The Kier molecular flexibility index (Phi) is 8.74. The number of hydrogen-bond acceptors (Lipinski definition) is 5. The van der Waals surface area contributed by atoms with Crippen molar-refractivity contribution in [1.82, 2.24) is 0 Å². The zero-order chi connectivity index (χ0) is 14.0. The smallest absolute Gasteiger partial charge is 0.341 e. The van der Waals surface area contributed by atoms with E-state index in [0.29, 0.717) is 12.8 Å². The van der Waals surface area contributed by atoms with Crippen molar-refractivity contribution in [2.45, 2.75) is 39.7 Å². The molecule has 0 saturated carbocycles. The third-order valence-electron chi connectivity index (χ3n) is 1.85. The molecule has 1 atom stereocenters. The molecule has 0 aliphatic carbocycles. The van der Waals surface area contributed by atoms with Gasteiger partial charge in [0.05, 0.1) is 13.2 Å². The molecule has 0 aromatic rings. The number of rotatable bonds is 9. The molecule has 0 bridgehead atoms. The van der Waals surface area contributed by atoms with Gasteiger partial charge in [-0.3, -0.25) is 9.36 Å². The van der Waals surface area contributed by atoms with Gasteiger partial charge in [0, 0.05) is 0 Å². The maximum Gasteiger partial charge on any atom is 0.341 e. The SMILES string of the molecule is C#CC(C)OC(=O)CP(=O)(OCCC)OCCC. The highest BCUT2D eigenvalue weighted by Crippen LogP contribution is 2.48. The predicted octanol–water partition coefficient (Wildman–Crippen LogP) is 2.60. The van der Waals surface area contributed by atoms with E-state index in [0.717, 1.165) is 0 Å². The van der Waals surface area contributed by atoms with Crippen LogP contribution in [0.15, 0.2) is 0 Å². The number of esters is 1. The van der Waals surface area contributed by atoms with Crippen molar-refractivity contribution in [1.29, 1.82) is 0 Å². The molecule has 0 aliphatic rings. The Morgan fingerprint density at radius 2 is 1.78 bits per heavy atom. The Balaban J connectivity index is 4.43. The van der Waals surface area contributed by atoms with Crippen molar-refractivity contribution in [3.8, 4) is 12.3 Å². The molecule has 0 aromatic heterocycles. The zero-order valence-corrected chi connectivity index (χ0v) is 12.1. The van der Waals surface area contributed by atoms with Crippen LogP contribution in [0.3, 0.4) is 0 Å². The molecular weight excluding hydrogens is 255 g/mol. The molecule has 0 aliphatic heterocycles. The minimum Gasteiger partial charge on any atom is -0.449 e. The first kappa shape index (κ1) is 17.2. The third-order valence-corrected chi connectivity index (χ3v) is 3.65. The molecule has 0 N–H and O–H groups in total. The lowest BCUT2D eigenvalue weighted by Crippen LogP contribution is -2.18. The standard InChI is InChI=1S/C12H21O5P/c1-5-8-15-18(14,16-9-6-2)10-12(13)17-11(4)7-3/h3,11H,5-6,8-10H2,1-2,4H3. The highest BCUT2D eigenvalue weighted by molar-refractivity contribution is 7.54. The van der Waals surface area contributed by atoms with E-state index >= 15 is 0 Å². The normalized spacial score (nSPS) is 12.8. The number of carbonyl (C=O) groups is 1.